The summed E-state index contributed by atoms with van der Waals surface area (Å²) in [5, 5.41) is 2.39. The molecule has 0 unspecified atom stereocenters. The molecule has 2 rings (SSSR count). The normalized spacial score (nSPS) is 16.9. The van der Waals surface area contributed by atoms with Gasteiger partial charge in [0, 0.05) is 25.7 Å². The third-order valence-electron chi connectivity index (χ3n) is 3.35. The van der Waals surface area contributed by atoms with E-state index in [0.717, 1.165) is 31.4 Å². The zero-order valence-electron chi connectivity index (χ0n) is 11.2. The molecular formula is C13H17FN2O3S. The van der Waals surface area contributed by atoms with Crippen molar-refractivity contribution in [3.8, 4) is 0 Å². The van der Waals surface area contributed by atoms with E-state index in [1.165, 1.54) is 17.4 Å². The topological polar surface area (TPSA) is 66.5 Å². The minimum absolute atomic E-state index is 0.129. The molecule has 1 aliphatic heterocycles. The van der Waals surface area contributed by atoms with Crippen molar-refractivity contribution in [2.75, 3.05) is 20.1 Å². The van der Waals surface area contributed by atoms with Gasteiger partial charge in [0.25, 0.3) is 5.91 Å². The second-order valence-electron chi connectivity index (χ2n) is 4.69. The van der Waals surface area contributed by atoms with Gasteiger partial charge in [-0.25, -0.2) is 12.8 Å². The Morgan fingerprint density at radius 3 is 2.50 bits per heavy atom. The Hall–Kier alpha value is -1.47. The molecule has 0 bridgehead atoms. The van der Waals surface area contributed by atoms with Gasteiger partial charge in [-0.05, 0) is 31.0 Å². The number of benzene rings is 1. The highest BCUT2D eigenvalue weighted by atomic mass is 32.2. The summed E-state index contributed by atoms with van der Waals surface area (Å²) < 4.78 is 40.0. The lowest BCUT2D eigenvalue weighted by molar-refractivity contribution is 0.0963. The van der Waals surface area contributed by atoms with E-state index in [1.54, 1.807) is 0 Å². The van der Waals surface area contributed by atoms with Crippen LogP contribution in [0.15, 0.2) is 23.1 Å². The average Bonchev–Trinajstić information content (AvgIpc) is 2.47. The van der Waals surface area contributed by atoms with Gasteiger partial charge in [-0.15, -0.1) is 0 Å². The van der Waals surface area contributed by atoms with Crippen LogP contribution in [-0.2, 0) is 10.0 Å². The van der Waals surface area contributed by atoms with E-state index >= 15 is 0 Å². The Morgan fingerprint density at radius 1 is 1.25 bits per heavy atom. The van der Waals surface area contributed by atoms with Crippen molar-refractivity contribution in [1.29, 1.82) is 0 Å². The summed E-state index contributed by atoms with van der Waals surface area (Å²) in [7, 11) is -2.44. The molecule has 20 heavy (non-hydrogen) atoms. The molecular weight excluding hydrogens is 283 g/mol. The van der Waals surface area contributed by atoms with Crippen molar-refractivity contribution in [1.82, 2.24) is 9.62 Å². The summed E-state index contributed by atoms with van der Waals surface area (Å²) in [4.78, 5) is 11.1. The number of carbonyl (C=O) groups is 1. The molecule has 1 N–H and O–H groups in total. The molecule has 1 aliphatic rings. The van der Waals surface area contributed by atoms with Gasteiger partial charge in [0.15, 0.2) is 0 Å². The minimum Gasteiger partial charge on any atom is -0.355 e. The minimum atomic E-state index is -3.88. The van der Waals surface area contributed by atoms with Gasteiger partial charge in [-0.3, -0.25) is 4.79 Å². The second-order valence-corrected chi connectivity index (χ2v) is 6.60. The van der Waals surface area contributed by atoms with Crippen molar-refractivity contribution >= 4 is 15.9 Å². The van der Waals surface area contributed by atoms with Crippen molar-refractivity contribution in [2.24, 2.45) is 0 Å². The lowest BCUT2D eigenvalue weighted by Crippen LogP contribution is -2.36. The highest BCUT2D eigenvalue weighted by Crippen LogP contribution is 2.23. The number of halogens is 1. The predicted octanol–water partition coefficient (Wildman–Crippen LogP) is 1.36. The SMILES string of the molecule is CNC(=O)c1ccc(F)c(S(=O)(=O)N2CCCCC2)c1. The number of hydrogen-bond acceptors (Lipinski definition) is 3. The number of piperidine rings is 1. The van der Waals surface area contributed by atoms with Gasteiger partial charge in [0.2, 0.25) is 10.0 Å². The van der Waals surface area contributed by atoms with E-state index in [-0.39, 0.29) is 5.56 Å². The zero-order chi connectivity index (χ0) is 14.8. The average molecular weight is 300 g/mol. The van der Waals surface area contributed by atoms with Gasteiger partial charge < -0.3 is 5.32 Å². The van der Waals surface area contributed by atoms with Crippen LogP contribution in [0, 0.1) is 5.82 Å². The van der Waals surface area contributed by atoms with Gasteiger partial charge in [0.1, 0.15) is 10.7 Å². The lowest BCUT2D eigenvalue weighted by atomic mass is 10.2. The summed E-state index contributed by atoms with van der Waals surface area (Å²) >= 11 is 0. The van der Waals surface area contributed by atoms with E-state index in [9.17, 15) is 17.6 Å². The van der Waals surface area contributed by atoms with Crippen LogP contribution in [0.25, 0.3) is 0 Å². The van der Waals surface area contributed by atoms with E-state index in [1.807, 2.05) is 0 Å². The molecule has 1 amide bonds. The lowest BCUT2D eigenvalue weighted by Gasteiger charge is -2.26. The van der Waals surface area contributed by atoms with Crippen LogP contribution in [0.4, 0.5) is 4.39 Å². The molecule has 7 heteroatoms. The molecule has 1 aromatic carbocycles. The smallest absolute Gasteiger partial charge is 0.251 e. The molecule has 110 valence electrons. The van der Waals surface area contributed by atoms with Crippen molar-refractivity contribution in [2.45, 2.75) is 24.2 Å². The maximum atomic E-state index is 13.9. The van der Waals surface area contributed by atoms with Crippen LogP contribution in [0.1, 0.15) is 29.6 Å². The number of amides is 1. The quantitative estimate of drug-likeness (QED) is 0.916. The zero-order valence-corrected chi connectivity index (χ0v) is 12.0. The first-order chi connectivity index (χ1) is 9.46. The Labute approximate surface area is 117 Å². The molecule has 1 aromatic rings. The molecule has 1 heterocycles. The van der Waals surface area contributed by atoms with E-state index in [2.05, 4.69) is 5.32 Å². The van der Waals surface area contributed by atoms with Crippen LogP contribution >= 0.6 is 0 Å². The summed E-state index contributed by atoms with van der Waals surface area (Å²) in [6.45, 7) is 0.790. The molecule has 0 saturated carbocycles. The van der Waals surface area contributed by atoms with Gasteiger partial charge in [-0.1, -0.05) is 6.42 Å². The van der Waals surface area contributed by atoms with E-state index < -0.39 is 26.6 Å². The molecule has 0 aromatic heterocycles. The van der Waals surface area contributed by atoms with Crippen LogP contribution in [-0.4, -0.2) is 38.8 Å². The number of hydrogen-bond donors (Lipinski definition) is 1. The highest BCUT2D eigenvalue weighted by molar-refractivity contribution is 7.89. The first-order valence-corrected chi connectivity index (χ1v) is 7.92. The maximum Gasteiger partial charge on any atom is 0.251 e. The Bertz CT molecular complexity index is 610. The van der Waals surface area contributed by atoms with Crippen LogP contribution in [0.2, 0.25) is 0 Å². The molecule has 0 spiro atoms. The molecule has 1 fully saturated rings. The number of sulfonamides is 1. The number of rotatable bonds is 3. The summed E-state index contributed by atoms with van der Waals surface area (Å²) in [5.41, 5.74) is 0.129. The third-order valence-corrected chi connectivity index (χ3v) is 5.27. The number of nitrogens with zero attached hydrogens (tertiary/aromatic N) is 1. The Morgan fingerprint density at radius 2 is 1.90 bits per heavy atom. The third kappa shape index (κ3) is 2.83. The van der Waals surface area contributed by atoms with Crippen LogP contribution in [0.5, 0.6) is 0 Å². The monoisotopic (exact) mass is 300 g/mol. The van der Waals surface area contributed by atoms with Gasteiger partial charge in [-0.2, -0.15) is 4.31 Å². The molecule has 5 nitrogen and oxygen atoms in total. The fourth-order valence-electron chi connectivity index (χ4n) is 2.23. The second kappa shape index (κ2) is 5.88. The predicted molar refractivity (Wildman–Crippen MR) is 72.4 cm³/mol. The molecule has 0 atom stereocenters. The Kier molecular flexibility index (Phi) is 4.39. The maximum absolute atomic E-state index is 13.9. The first-order valence-electron chi connectivity index (χ1n) is 6.48. The molecule has 1 saturated heterocycles. The van der Waals surface area contributed by atoms with Crippen LogP contribution in [0.3, 0.4) is 0 Å². The number of carbonyl (C=O) groups excluding carboxylic acids is 1. The van der Waals surface area contributed by atoms with Crippen molar-refractivity contribution in [3.05, 3.63) is 29.6 Å². The first kappa shape index (κ1) is 14.9. The van der Waals surface area contributed by atoms with E-state index in [4.69, 9.17) is 0 Å². The summed E-state index contributed by atoms with van der Waals surface area (Å²) in [6.07, 6.45) is 2.53. The highest BCUT2D eigenvalue weighted by Gasteiger charge is 2.29. The fraction of sp³-hybridized carbons (Fsp3) is 0.462. The van der Waals surface area contributed by atoms with Gasteiger partial charge in [0.05, 0.1) is 0 Å². The number of nitrogens with one attached hydrogen (secondary N) is 1. The van der Waals surface area contributed by atoms with Crippen molar-refractivity contribution in [3.63, 3.8) is 0 Å². The Balaban J connectivity index is 2.42. The van der Waals surface area contributed by atoms with E-state index in [0.29, 0.717) is 13.1 Å². The molecule has 0 aliphatic carbocycles. The van der Waals surface area contributed by atoms with Crippen molar-refractivity contribution < 1.29 is 17.6 Å². The van der Waals surface area contributed by atoms with Crippen LogP contribution < -0.4 is 5.32 Å². The fourth-order valence-corrected chi connectivity index (χ4v) is 3.84. The summed E-state index contributed by atoms with van der Waals surface area (Å²) in [5.74, 6) is -1.27. The van der Waals surface area contributed by atoms with Gasteiger partial charge >= 0.3 is 0 Å². The largest absolute Gasteiger partial charge is 0.355 e. The molecule has 0 radical (unpaired) electrons. The summed E-state index contributed by atoms with van der Waals surface area (Å²) in [6, 6.07) is 3.38. The standard InChI is InChI=1S/C13H17FN2O3S/c1-15-13(17)10-5-6-11(14)12(9-10)20(18,19)16-7-3-2-4-8-16/h5-6,9H,2-4,7-8H2,1H3,(H,15,17).